The van der Waals surface area contributed by atoms with Crippen LogP contribution in [0.5, 0.6) is 11.5 Å². The number of rotatable bonds is 9. The standard InChI is InChI=1S/C21H27N2O7P/c1-6-28-20(24)15(2)22-31(27,30-19-13-9-17(10-14-19)23(25)26)29-18-11-7-16(8-12-18)21(3,4)5/h7-15H,6H2,1-5H3,(H,22,27)/t15-,31?/m0/s1. The minimum absolute atomic E-state index is 0.0730. The average Bonchev–Trinajstić information content (AvgIpc) is 2.68. The zero-order valence-corrected chi connectivity index (χ0v) is 19.0. The third kappa shape index (κ3) is 7.08. The molecule has 2 rings (SSSR count). The van der Waals surface area contributed by atoms with Crippen molar-refractivity contribution in [1.29, 1.82) is 0 Å². The van der Waals surface area contributed by atoms with Crippen LogP contribution in [0.1, 0.15) is 40.2 Å². The highest BCUT2D eigenvalue weighted by molar-refractivity contribution is 7.52. The van der Waals surface area contributed by atoms with Crippen molar-refractivity contribution in [3.63, 3.8) is 0 Å². The molecular formula is C21H27N2O7P. The lowest BCUT2D eigenvalue weighted by Gasteiger charge is -2.24. The molecule has 9 nitrogen and oxygen atoms in total. The number of nitrogens with zero attached hydrogens (tertiary/aromatic N) is 1. The van der Waals surface area contributed by atoms with Crippen molar-refractivity contribution in [1.82, 2.24) is 5.09 Å². The Morgan fingerprint density at radius 2 is 1.55 bits per heavy atom. The molecule has 0 spiro atoms. The fourth-order valence-corrected chi connectivity index (χ4v) is 4.07. The van der Waals surface area contributed by atoms with Gasteiger partial charge in [0.2, 0.25) is 0 Å². The van der Waals surface area contributed by atoms with E-state index in [4.69, 9.17) is 13.8 Å². The second kappa shape index (κ2) is 9.94. The van der Waals surface area contributed by atoms with Crippen molar-refractivity contribution in [2.24, 2.45) is 0 Å². The third-order valence-electron chi connectivity index (χ3n) is 4.21. The van der Waals surface area contributed by atoms with Crippen LogP contribution in [0.2, 0.25) is 0 Å². The van der Waals surface area contributed by atoms with E-state index in [2.05, 4.69) is 25.9 Å². The lowest BCUT2D eigenvalue weighted by Crippen LogP contribution is -2.35. The smallest absolute Gasteiger partial charge is 0.465 e. The van der Waals surface area contributed by atoms with E-state index in [0.29, 0.717) is 0 Å². The van der Waals surface area contributed by atoms with Gasteiger partial charge in [-0.1, -0.05) is 32.9 Å². The normalized spacial score (nSPS) is 14.2. The van der Waals surface area contributed by atoms with Gasteiger partial charge in [-0.25, -0.2) is 4.57 Å². The largest absolute Gasteiger partial charge is 0.513 e. The first-order valence-electron chi connectivity index (χ1n) is 9.72. The highest BCUT2D eigenvalue weighted by Crippen LogP contribution is 2.45. The molecule has 10 heteroatoms. The molecule has 0 aliphatic rings. The Balaban J connectivity index is 2.29. The Morgan fingerprint density at radius 3 is 1.97 bits per heavy atom. The molecule has 0 aromatic heterocycles. The molecule has 0 amide bonds. The van der Waals surface area contributed by atoms with Crippen molar-refractivity contribution in [3.8, 4) is 11.5 Å². The highest BCUT2D eigenvalue weighted by atomic mass is 31.2. The fraction of sp³-hybridized carbons (Fsp3) is 0.381. The molecule has 0 fully saturated rings. The van der Waals surface area contributed by atoms with Crippen molar-refractivity contribution in [2.75, 3.05) is 6.61 Å². The minimum Gasteiger partial charge on any atom is -0.465 e. The summed E-state index contributed by atoms with van der Waals surface area (Å²) in [6.07, 6.45) is 0. The monoisotopic (exact) mass is 450 g/mol. The maximum absolute atomic E-state index is 13.5. The molecule has 0 saturated heterocycles. The maximum Gasteiger partial charge on any atom is 0.513 e. The third-order valence-corrected chi connectivity index (χ3v) is 5.82. The number of benzene rings is 2. The van der Waals surface area contributed by atoms with Crippen molar-refractivity contribution < 1.29 is 28.1 Å². The van der Waals surface area contributed by atoms with E-state index in [1.807, 2.05) is 12.1 Å². The van der Waals surface area contributed by atoms with Crippen LogP contribution in [0, 0.1) is 10.1 Å². The highest BCUT2D eigenvalue weighted by Gasteiger charge is 2.34. The van der Waals surface area contributed by atoms with Gasteiger partial charge in [-0.2, -0.15) is 5.09 Å². The second-order valence-electron chi connectivity index (χ2n) is 7.81. The summed E-state index contributed by atoms with van der Waals surface area (Å²) in [5, 5.41) is 13.4. The SMILES string of the molecule is CCOC(=O)[C@H](C)NP(=O)(Oc1ccc([N+](=O)[O-])cc1)Oc1ccc(C(C)(C)C)cc1. The molecule has 0 saturated carbocycles. The first kappa shape index (κ1) is 24.4. The second-order valence-corrected chi connectivity index (χ2v) is 9.43. The van der Waals surface area contributed by atoms with Crippen LogP contribution in [0.3, 0.4) is 0 Å². The van der Waals surface area contributed by atoms with Gasteiger partial charge in [-0.3, -0.25) is 14.9 Å². The molecule has 0 aliphatic carbocycles. The van der Waals surface area contributed by atoms with Gasteiger partial charge in [0.1, 0.15) is 17.5 Å². The van der Waals surface area contributed by atoms with E-state index >= 15 is 0 Å². The van der Waals surface area contributed by atoms with Gasteiger partial charge < -0.3 is 13.8 Å². The molecule has 2 aromatic carbocycles. The number of non-ortho nitro benzene ring substituents is 1. The number of esters is 1. The van der Waals surface area contributed by atoms with Crippen molar-refractivity contribution in [3.05, 3.63) is 64.2 Å². The summed E-state index contributed by atoms with van der Waals surface area (Å²) in [5.41, 5.74) is 0.835. The molecule has 0 radical (unpaired) electrons. The first-order chi connectivity index (χ1) is 14.4. The predicted molar refractivity (Wildman–Crippen MR) is 116 cm³/mol. The topological polar surface area (TPSA) is 117 Å². The average molecular weight is 450 g/mol. The van der Waals surface area contributed by atoms with Crippen LogP contribution in [0.15, 0.2) is 48.5 Å². The van der Waals surface area contributed by atoms with Crippen LogP contribution in [0.25, 0.3) is 0 Å². The lowest BCUT2D eigenvalue weighted by molar-refractivity contribution is -0.384. The van der Waals surface area contributed by atoms with Gasteiger partial charge >= 0.3 is 13.7 Å². The minimum atomic E-state index is -4.11. The summed E-state index contributed by atoms with van der Waals surface area (Å²) >= 11 is 0. The maximum atomic E-state index is 13.5. The predicted octanol–water partition coefficient (Wildman–Crippen LogP) is 5.00. The molecule has 2 atom stereocenters. The van der Waals surface area contributed by atoms with E-state index in [1.165, 1.54) is 31.2 Å². The zero-order chi connectivity index (χ0) is 23.2. The Labute approximate surface area is 181 Å². The van der Waals surface area contributed by atoms with Crippen molar-refractivity contribution >= 4 is 19.4 Å². The Hall–Kier alpha value is -2.90. The number of nitro benzene ring substituents is 1. The molecule has 1 unspecified atom stereocenters. The van der Waals surface area contributed by atoms with Gasteiger partial charge in [0.15, 0.2) is 0 Å². The van der Waals surface area contributed by atoms with Gasteiger partial charge in [-0.15, -0.1) is 0 Å². The molecule has 0 aliphatic heterocycles. The summed E-state index contributed by atoms with van der Waals surface area (Å²) in [6, 6.07) is 11.0. The van der Waals surface area contributed by atoms with E-state index in [-0.39, 0.29) is 29.2 Å². The number of nitro groups is 1. The number of hydrogen-bond donors (Lipinski definition) is 1. The fourth-order valence-electron chi connectivity index (χ4n) is 2.55. The van der Waals surface area contributed by atoms with Crippen LogP contribution in [0.4, 0.5) is 5.69 Å². The summed E-state index contributed by atoms with van der Waals surface area (Å²) in [4.78, 5) is 22.3. The van der Waals surface area contributed by atoms with Gasteiger partial charge in [-0.05, 0) is 49.1 Å². The summed E-state index contributed by atoms with van der Waals surface area (Å²) < 4.78 is 29.6. The van der Waals surface area contributed by atoms with E-state index < -0.39 is 24.7 Å². The molecule has 2 aromatic rings. The number of hydrogen-bond acceptors (Lipinski definition) is 7. The molecule has 0 heterocycles. The number of carbonyl (C=O) groups excluding carboxylic acids is 1. The molecular weight excluding hydrogens is 423 g/mol. The first-order valence-corrected chi connectivity index (χ1v) is 11.3. The number of ether oxygens (including phenoxy) is 1. The van der Waals surface area contributed by atoms with Crippen molar-refractivity contribution in [2.45, 2.75) is 46.1 Å². The summed E-state index contributed by atoms with van der Waals surface area (Å²) in [5.74, 6) is -0.285. The van der Waals surface area contributed by atoms with Crippen LogP contribution in [-0.2, 0) is 19.5 Å². The Bertz CT molecular complexity index is 953. The zero-order valence-electron chi connectivity index (χ0n) is 18.2. The van der Waals surface area contributed by atoms with Crippen LogP contribution < -0.4 is 14.1 Å². The quantitative estimate of drug-likeness (QED) is 0.245. The Morgan fingerprint density at radius 1 is 1.06 bits per heavy atom. The molecule has 0 bridgehead atoms. The number of carbonyl (C=O) groups is 1. The molecule has 1 N–H and O–H groups in total. The van der Waals surface area contributed by atoms with Crippen LogP contribution >= 0.6 is 7.75 Å². The van der Waals surface area contributed by atoms with E-state index in [1.54, 1.807) is 19.1 Å². The molecule has 168 valence electrons. The Kier molecular flexibility index (Phi) is 7.81. The molecule has 31 heavy (non-hydrogen) atoms. The van der Waals surface area contributed by atoms with E-state index in [0.717, 1.165) is 5.56 Å². The lowest BCUT2D eigenvalue weighted by atomic mass is 9.87. The summed E-state index contributed by atoms with van der Waals surface area (Å²) in [7, 11) is -4.11. The van der Waals surface area contributed by atoms with Gasteiger partial charge in [0.05, 0.1) is 11.5 Å². The number of nitrogens with one attached hydrogen (secondary N) is 1. The van der Waals surface area contributed by atoms with Gasteiger partial charge in [0.25, 0.3) is 5.69 Å². The van der Waals surface area contributed by atoms with Gasteiger partial charge in [0, 0.05) is 12.1 Å². The summed E-state index contributed by atoms with van der Waals surface area (Å²) in [6.45, 7) is 9.48. The van der Waals surface area contributed by atoms with Crippen LogP contribution in [-0.4, -0.2) is 23.5 Å². The van der Waals surface area contributed by atoms with E-state index in [9.17, 15) is 19.5 Å².